The van der Waals surface area contributed by atoms with Crippen LogP contribution in [0.1, 0.15) is 0 Å². The maximum absolute atomic E-state index is 10.9. The van der Waals surface area contributed by atoms with Gasteiger partial charge in [-0.2, -0.15) is 0 Å². The molecular weight excluding hydrogens is 194 g/mol. The number of hydrogen-bond acceptors (Lipinski definition) is 5. The summed E-state index contributed by atoms with van der Waals surface area (Å²) in [5, 5.41) is 7.32. The summed E-state index contributed by atoms with van der Waals surface area (Å²) in [5.74, 6) is 0. The second-order valence-electron chi connectivity index (χ2n) is 2.36. The van der Waals surface area contributed by atoms with E-state index in [1.807, 2.05) is 0 Å². The zero-order valence-electron chi connectivity index (χ0n) is 6.47. The largest absolute Gasteiger partial charge is 0.399 e. The van der Waals surface area contributed by atoms with E-state index in [1.54, 1.807) is 0 Å². The van der Waals surface area contributed by atoms with Crippen molar-refractivity contribution < 1.29 is 8.42 Å². The van der Waals surface area contributed by atoms with E-state index in [0.717, 1.165) is 12.1 Å². The van der Waals surface area contributed by atoms with E-state index in [-0.39, 0.29) is 16.3 Å². The molecule has 70 valence electrons. The van der Waals surface area contributed by atoms with Crippen molar-refractivity contribution in [3.63, 3.8) is 0 Å². The van der Waals surface area contributed by atoms with E-state index in [4.69, 9.17) is 10.9 Å². The second-order valence-corrected chi connectivity index (χ2v) is 3.89. The second kappa shape index (κ2) is 3.11. The molecule has 0 radical (unpaired) electrons. The minimum Gasteiger partial charge on any atom is -0.399 e. The first-order chi connectivity index (χ1) is 5.95. The van der Waals surface area contributed by atoms with Crippen molar-refractivity contribution in [3.05, 3.63) is 23.1 Å². The van der Waals surface area contributed by atoms with Crippen molar-refractivity contribution in [1.29, 1.82) is 0 Å². The van der Waals surface area contributed by atoms with Crippen LogP contribution in [0.2, 0.25) is 0 Å². The number of anilines is 1. The lowest BCUT2D eigenvalue weighted by Gasteiger charge is -2.00. The van der Waals surface area contributed by atoms with Crippen molar-refractivity contribution in [2.75, 3.05) is 5.73 Å². The third-order valence-corrected chi connectivity index (χ3v) is 2.35. The molecule has 0 heterocycles. The Kier molecular flexibility index (Phi) is 2.30. The number of nitrogens with two attached hydrogens (primary N) is 2. The standard InChI is InChI=1S/C6H7N3O3S/c7-4-1-2-6(13(8,11)12)5(3-4)9-10/h1-3H,7H2,(H2,8,11,12). The Hall–Kier alpha value is -1.47. The van der Waals surface area contributed by atoms with Crippen LogP contribution in [0.4, 0.5) is 11.4 Å². The predicted octanol–water partition coefficient (Wildman–Crippen LogP) is 0.314. The first-order valence-corrected chi connectivity index (χ1v) is 4.75. The highest BCUT2D eigenvalue weighted by atomic mass is 32.2. The number of hydrogen-bond donors (Lipinski definition) is 2. The number of rotatable bonds is 2. The average molecular weight is 201 g/mol. The van der Waals surface area contributed by atoms with Gasteiger partial charge in [0.2, 0.25) is 10.0 Å². The fraction of sp³-hybridized carbons (Fsp3) is 0. The van der Waals surface area contributed by atoms with Crippen molar-refractivity contribution in [2.45, 2.75) is 4.90 Å². The van der Waals surface area contributed by atoms with Crippen LogP contribution in [0.15, 0.2) is 28.3 Å². The smallest absolute Gasteiger partial charge is 0.240 e. The van der Waals surface area contributed by atoms with Gasteiger partial charge in [-0.1, -0.05) is 0 Å². The quantitative estimate of drug-likeness (QED) is 0.529. The molecule has 0 saturated heterocycles. The normalized spacial score (nSPS) is 11.2. The summed E-state index contributed by atoms with van der Waals surface area (Å²) in [7, 11) is -3.91. The zero-order chi connectivity index (χ0) is 10.1. The number of primary sulfonamides is 1. The number of nitrogen functional groups attached to an aromatic ring is 1. The van der Waals surface area contributed by atoms with E-state index in [2.05, 4.69) is 5.18 Å². The molecule has 7 heteroatoms. The van der Waals surface area contributed by atoms with Crippen LogP contribution in [0.5, 0.6) is 0 Å². The molecule has 0 unspecified atom stereocenters. The third kappa shape index (κ3) is 2.01. The summed E-state index contributed by atoms with van der Waals surface area (Å²) in [6.07, 6.45) is 0. The van der Waals surface area contributed by atoms with Gasteiger partial charge in [-0.05, 0) is 23.4 Å². The van der Waals surface area contributed by atoms with E-state index < -0.39 is 10.0 Å². The Labute approximate surface area is 74.6 Å². The van der Waals surface area contributed by atoms with Gasteiger partial charge >= 0.3 is 0 Å². The molecule has 0 aliphatic carbocycles. The van der Waals surface area contributed by atoms with Gasteiger partial charge in [0.05, 0.1) is 0 Å². The molecule has 1 aromatic rings. The van der Waals surface area contributed by atoms with Gasteiger partial charge in [0.25, 0.3) is 0 Å². The topological polar surface area (TPSA) is 116 Å². The first kappa shape index (κ1) is 9.62. The molecule has 0 bridgehead atoms. The Bertz CT molecular complexity index is 440. The van der Waals surface area contributed by atoms with E-state index in [0.29, 0.717) is 0 Å². The van der Waals surface area contributed by atoms with Gasteiger partial charge < -0.3 is 5.73 Å². The molecule has 13 heavy (non-hydrogen) atoms. The molecule has 0 aromatic heterocycles. The van der Waals surface area contributed by atoms with Crippen molar-refractivity contribution in [3.8, 4) is 0 Å². The van der Waals surface area contributed by atoms with Crippen LogP contribution < -0.4 is 10.9 Å². The summed E-state index contributed by atoms with van der Waals surface area (Å²) in [6, 6.07) is 3.61. The molecule has 0 amide bonds. The molecular formula is C6H7N3O3S. The maximum Gasteiger partial charge on any atom is 0.240 e. The molecule has 0 aliphatic rings. The molecule has 0 atom stereocenters. The maximum atomic E-state index is 10.9. The number of sulfonamides is 1. The van der Waals surface area contributed by atoms with Gasteiger partial charge in [-0.3, -0.25) is 0 Å². The number of nitroso groups, excluding NO2 is 1. The van der Waals surface area contributed by atoms with Crippen molar-refractivity contribution >= 4 is 21.4 Å². The minimum atomic E-state index is -3.91. The van der Waals surface area contributed by atoms with Gasteiger partial charge in [0, 0.05) is 5.69 Å². The van der Waals surface area contributed by atoms with Gasteiger partial charge in [-0.25, -0.2) is 13.6 Å². The van der Waals surface area contributed by atoms with Crippen LogP contribution in [-0.4, -0.2) is 8.42 Å². The van der Waals surface area contributed by atoms with Gasteiger partial charge in [-0.15, -0.1) is 4.91 Å². The van der Waals surface area contributed by atoms with Crippen LogP contribution in [0.3, 0.4) is 0 Å². The fourth-order valence-corrected chi connectivity index (χ4v) is 1.49. The predicted molar refractivity (Wildman–Crippen MR) is 47.7 cm³/mol. The fourth-order valence-electron chi connectivity index (χ4n) is 0.846. The van der Waals surface area contributed by atoms with E-state index in [9.17, 15) is 13.3 Å². The van der Waals surface area contributed by atoms with Crippen molar-refractivity contribution in [1.82, 2.24) is 0 Å². The third-order valence-electron chi connectivity index (χ3n) is 1.39. The molecule has 1 rings (SSSR count). The molecule has 4 N–H and O–H groups in total. The highest BCUT2D eigenvalue weighted by Gasteiger charge is 2.14. The molecule has 1 aromatic carbocycles. The van der Waals surface area contributed by atoms with Gasteiger partial charge in [0.15, 0.2) is 0 Å². The number of nitrogens with zero attached hydrogens (tertiary/aromatic N) is 1. The lowest BCUT2D eigenvalue weighted by molar-refractivity contribution is 0.598. The number of benzene rings is 1. The van der Waals surface area contributed by atoms with Crippen LogP contribution in [0.25, 0.3) is 0 Å². The molecule has 6 nitrogen and oxygen atoms in total. The summed E-state index contributed by atoms with van der Waals surface area (Å²) in [5.41, 5.74) is 5.29. The Morgan fingerprint density at radius 2 is 1.92 bits per heavy atom. The summed E-state index contributed by atoms with van der Waals surface area (Å²) in [4.78, 5) is 9.88. The molecule has 0 fully saturated rings. The monoisotopic (exact) mass is 201 g/mol. The molecule has 0 saturated carbocycles. The Balaban J connectivity index is 3.47. The van der Waals surface area contributed by atoms with Crippen LogP contribution in [0, 0.1) is 4.91 Å². The van der Waals surface area contributed by atoms with Crippen LogP contribution in [-0.2, 0) is 10.0 Å². The SMILES string of the molecule is Nc1ccc(S(N)(=O)=O)c(N=O)c1. The highest BCUT2D eigenvalue weighted by Crippen LogP contribution is 2.24. The lowest BCUT2D eigenvalue weighted by atomic mass is 10.3. The average Bonchev–Trinajstić information content (AvgIpc) is 2.01. The summed E-state index contributed by atoms with van der Waals surface area (Å²) in [6.45, 7) is 0. The van der Waals surface area contributed by atoms with Crippen molar-refractivity contribution in [2.24, 2.45) is 10.3 Å². The molecule has 0 aliphatic heterocycles. The van der Waals surface area contributed by atoms with E-state index >= 15 is 0 Å². The highest BCUT2D eigenvalue weighted by molar-refractivity contribution is 7.89. The molecule has 0 spiro atoms. The Morgan fingerprint density at radius 3 is 2.38 bits per heavy atom. The first-order valence-electron chi connectivity index (χ1n) is 3.21. The summed E-state index contributed by atoms with van der Waals surface area (Å²) < 4.78 is 21.7. The Morgan fingerprint density at radius 1 is 1.31 bits per heavy atom. The van der Waals surface area contributed by atoms with E-state index in [1.165, 1.54) is 6.07 Å². The minimum absolute atomic E-state index is 0.252. The van der Waals surface area contributed by atoms with Crippen LogP contribution >= 0.6 is 0 Å². The summed E-state index contributed by atoms with van der Waals surface area (Å²) >= 11 is 0. The zero-order valence-corrected chi connectivity index (χ0v) is 7.28. The van der Waals surface area contributed by atoms with Gasteiger partial charge in [0.1, 0.15) is 10.6 Å². The lowest BCUT2D eigenvalue weighted by Crippen LogP contribution is -2.12.